The summed E-state index contributed by atoms with van der Waals surface area (Å²) in [5.74, 6) is 5.59. The number of fused-ring (bicyclic) bond motifs is 1. The highest BCUT2D eigenvalue weighted by Gasteiger charge is 2.28. The molecule has 0 radical (unpaired) electrons. The van der Waals surface area contributed by atoms with Crippen molar-refractivity contribution >= 4 is 28.5 Å². The molecule has 0 saturated heterocycles. The van der Waals surface area contributed by atoms with Crippen molar-refractivity contribution in [3.8, 4) is 5.75 Å². The molecule has 3 aromatic rings. The number of aliphatic hydroxyl groups excluding tert-OH is 1. The molecular weight excluding hydrogens is 437 g/mol. The van der Waals surface area contributed by atoms with Crippen LogP contribution in [0, 0.1) is 5.82 Å². The van der Waals surface area contributed by atoms with Crippen LogP contribution in [0.1, 0.15) is 37.1 Å². The highest BCUT2D eigenvalue weighted by molar-refractivity contribution is 6.47. The topological polar surface area (TPSA) is 139 Å². The third-order valence-electron chi connectivity index (χ3n) is 5.37. The van der Waals surface area contributed by atoms with Crippen LogP contribution >= 0.6 is 11.6 Å². The number of hydrazone groups is 1. The molecule has 1 unspecified atom stereocenters. The van der Waals surface area contributed by atoms with Gasteiger partial charge >= 0.3 is 0 Å². The molecule has 1 aliphatic rings. The second-order valence-electron chi connectivity index (χ2n) is 7.70. The Kier molecular flexibility index (Phi) is 6.35. The summed E-state index contributed by atoms with van der Waals surface area (Å²) >= 11 is 6.36. The highest BCUT2D eigenvalue weighted by Crippen LogP contribution is 2.29. The average molecular weight is 461 g/mol. The van der Waals surface area contributed by atoms with Crippen molar-refractivity contribution < 1.29 is 18.7 Å². The quantitative estimate of drug-likeness (QED) is 0.184. The summed E-state index contributed by atoms with van der Waals surface area (Å²) in [6, 6.07) is 4.76. The summed E-state index contributed by atoms with van der Waals surface area (Å²) in [6.07, 6.45) is 5.25. The first-order valence-corrected chi connectivity index (χ1v) is 10.5. The lowest BCUT2D eigenvalue weighted by molar-refractivity contribution is -0.577. The number of nitrogens with zero attached hydrogens (tertiary/aromatic N) is 4. The van der Waals surface area contributed by atoms with Gasteiger partial charge in [-0.1, -0.05) is 16.1 Å². The molecule has 3 aromatic heterocycles. The number of aromatic nitrogens is 3. The zero-order valence-corrected chi connectivity index (χ0v) is 18.1. The number of nitrogens with two attached hydrogens (primary N) is 2. The van der Waals surface area contributed by atoms with E-state index in [4.69, 9.17) is 27.9 Å². The summed E-state index contributed by atoms with van der Waals surface area (Å²) in [6.45, 7) is 1.46. The van der Waals surface area contributed by atoms with E-state index in [1.807, 2.05) is 6.92 Å². The smallest absolute Gasteiger partial charge is 0.297 e. The molecule has 168 valence electrons. The number of halogens is 2. The maximum atomic E-state index is 13.3. The molecular formula is C21H24ClFN7O2+. The summed E-state index contributed by atoms with van der Waals surface area (Å²) in [7, 11) is 0. The Morgan fingerprint density at radius 1 is 1.47 bits per heavy atom. The van der Waals surface area contributed by atoms with E-state index in [1.165, 1.54) is 12.1 Å². The molecule has 0 aliphatic heterocycles. The Bertz CT molecular complexity index is 1170. The molecule has 6 N–H and O–H groups in total. The largest absolute Gasteiger partial charge is 0.475 e. The van der Waals surface area contributed by atoms with E-state index < -0.39 is 11.9 Å². The molecule has 11 heteroatoms. The Labute approximate surface area is 188 Å². The van der Waals surface area contributed by atoms with Crippen LogP contribution in [-0.2, 0) is 0 Å². The second-order valence-corrected chi connectivity index (χ2v) is 8.11. The van der Waals surface area contributed by atoms with Crippen molar-refractivity contribution in [2.75, 3.05) is 6.61 Å². The summed E-state index contributed by atoms with van der Waals surface area (Å²) < 4.78 is 21.0. The zero-order chi connectivity index (χ0) is 22.8. The fourth-order valence-electron chi connectivity index (χ4n) is 3.69. The van der Waals surface area contributed by atoms with Gasteiger partial charge in [-0.15, -0.1) is 0 Å². The molecule has 9 nitrogen and oxygen atoms in total. The number of hydrogen-bond acceptors (Lipinski definition) is 7. The van der Waals surface area contributed by atoms with Crippen LogP contribution in [0.2, 0.25) is 5.02 Å². The van der Waals surface area contributed by atoms with E-state index in [-0.39, 0.29) is 18.7 Å². The van der Waals surface area contributed by atoms with E-state index in [2.05, 4.69) is 20.2 Å². The first-order chi connectivity index (χ1) is 15.4. The van der Waals surface area contributed by atoms with E-state index in [0.29, 0.717) is 39.0 Å². The van der Waals surface area contributed by atoms with E-state index in [1.54, 1.807) is 23.0 Å². The molecule has 32 heavy (non-hydrogen) atoms. The first kappa shape index (κ1) is 22.1. The van der Waals surface area contributed by atoms with Gasteiger partial charge in [0.2, 0.25) is 6.20 Å². The summed E-state index contributed by atoms with van der Waals surface area (Å²) in [5.41, 5.74) is 8.56. The number of nitrogens with one attached hydrogen (secondary N) is 1. The molecule has 1 saturated carbocycles. The van der Waals surface area contributed by atoms with Crippen molar-refractivity contribution in [3.63, 3.8) is 0 Å². The van der Waals surface area contributed by atoms with Crippen LogP contribution < -0.4 is 20.8 Å². The molecule has 1 fully saturated rings. The molecule has 1 atom stereocenters. The van der Waals surface area contributed by atoms with Crippen molar-refractivity contribution in [3.05, 3.63) is 58.9 Å². The van der Waals surface area contributed by atoms with Gasteiger partial charge in [0.1, 0.15) is 16.6 Å². The van der Waals surface area contributed by atoms with Gasteiger partial charge in [-0.05, 0) is 31.9 Å². The Balaban J connectivity index is 1.72. The minimum absolute atomic E-state index is 0.150. The molecule has 1 aliphatic carbocycles. The number of aliphatic imine (C=N–C) groups is 1. The molecule has 3 heterocycles. The monoisotopic (exact) mass is 460 g/mol. The van der Waals surface area contributed by atoms with Gasteiger partial charge in [0, 0.05) is 12.1 Å². The van der Waals surface area contributed by atoms with Crippen molar-refractivity contribution in [2.24, 2.45) is 21.7 Å². The second kappa shape index (κ2) is 9.19. The lowest BCUT2D eigenvalue weighted by Gasteiger charge is -2.29. The van der Waals surface area contributed by atoms with Crippen LogP contribution in [0.5, 0.6) is 5.75 Å². The number of H-pyrrole nitrogens is 1. The fourth-order valence-corrected chi connectivity index (χ4v) is 3.92. The molecule has 0 aromatic carbocycles. The van der Waals surface area contributed by atoms with E-state index in [0.717, 1.165) is 19.0 Å². The summed E-state index contributed by atoms with van der Waals surface area (Å²) in [5, 5.41) is 17.3. The normalized spacial score (nSPS) is 20.3. The predicted octanol–water partition coefficient (Wildman–Crippen LogP) is 1.67. The number of aliphatic hydroxyl groups is 1. The summed E-state index contributed by atoms with van der Waals surface area (Å²) in [4.78, 5) is 8.69. The van der Waals surface area contributed by atoms with Gasteiger partial charge in [0.15, 0.2) is 11.9 Å². The van der Waals surface area contributed by atoms with Gasteiger partial charge in [-0.2, -0.15) is 10.2 Å². The van der Waals surface area contributed by atoms with Crippen LogP contribution in [0.25, 0.3) is 5.52 Å². The lowest BCUT2D eigenvalue weighted by atomic mass is 9.88. The third-order valence-corrected chi connectivity index (χ3v) is 5.66. The number of pyridine rings is 2. The average Bonchev–Trinajstić information content (AvgIpc) is 3.13. The standard InChI is InChI=1S/C21H23ClFN7O2/c1-11(28-15-5-14(24)6-15)20(29-25)12-4-18(21-16(22)8-27-30(21)9-12)32-19(10-31)17-3-2-13(23)7-26-17/h2-4,7-9,14-15,19,31H,5-6,10,24H2,1H3,(H2,25,28)/p+1. The molecule has 0 spiro atoms. The van der Waals surface area contributed by atoms with Crippen molar-refractivity contribution in [1.82, 2.24) is 10.1 Å². The van der Waals surface area contributed by atoms with Gasteiger partial charge in [0.05, 0.1) is 42.0 Å². The minimum Gasteiger partial charge on any atom is -0.475 e. The van der Waals surface area contributed by atoms with Gasteiger partial charge in [-0.3, -0.25) is 9.98 Å². The maximum absolute atomic E-state index is 13.3. The fraction of sp³-hybridized carbons (Fsp3) is 0.333. The van der Waals surface area contributed by atoms with Gasteiger partial charge in [-0.25, -0.2) is 4.39 Å². The maximum Gasteiger partial charge on any atom is 0.297 e. The highest BCUT2D eigenvalue weighted by atomic mass is 35.5. The Morgan fingerprint density at radius 2 is 2.25 bits per heavy atom. The Morgan fingerprint density at radius 3 is 2.88 bits per heavy atom. The lowest BCUT2D eigenvalue weighted by Crippen LogP contribution is -2.39. The van der Waals surface area contributed by atoms with Crippen LogP contribution in [0.3, 0.4) is 0 Å². The number of ether oxygens (including phenoxy) is 1. The van der Waals surface area contributed by atoms with Crippen LogP contribution in [0.15, 0.2) is 46.9 Å². The van der Waals surface area contributed by atoms with Crippen LogP contribution in [0.4, 0.5) is 4.39 Å². The van der Waals surface area contributed by atoms with Crippen molar-refractivity contribution in [2.45, 2.75) is 38.0 Å². The molecule has 0 amide bonds. The minimum atomic E-state index is -0.842. The SMILES string of the molecule is CC(=NC1CC(N)C1)/C(=N\N)c1cc(OC(CO)c2ccc(F)cn2)c2c(Cl)c[nH][n+]2c1. The van der Waals surface area contributed by atoms with Crippen molar-refractivity contribution in [1.29, 1.82) is 0 Å². The van der Waals surface area contributed by atoms with E-state index in [9.17, 15) is 9.50 Å². The zero-order valence-electron chi connectivity index (χ0n) is 17.4. The number of aromatic amines is 1. The predicted molar refractivity (Wildman–Crippen MR) is 118 cm³/mol. The number of rotatable bonds is 7. The first-order valence-electron chi connectivity index (χ1n) is 10.1. The van der Waals surface area contributed by atoms with Gasteiger partial charge in [0.25, 0.3) is 5.52 Å². The molecule has 4 rings (SSSR count). The number of hydrogen-bond donors (Lipinski definition) is 4. The third kappa shape index (κ3) is 4.43. The van der Waals surface area contributed by atoms with Gasteiger partial charge < -0.3 is 21.4 Å². The molecule has 0 bridgehead atoms. The van der Waals surface area contributed by atoms with E-state index >= 15 is 0 Å². The Hall–Kier alpha value is -3.08. The van der Waals surface area contributed by atoms with Crippen LogP contribution in [-0.4, -0.2) is 45.3 Å².